The summed E-state index contributed by atoms with van der Waals surface area (Å²) < 4.78 is 3.04. The SMILES string of the molecule is Brc1cnc2n[nH]c(I)c2c1.Ic1[nH]nc2ncccc12. The standard InChI is InChI=1S/C6H3BrIN3.C6H4IN3/c7-3-1-4-5(8)10-11-6(4)9-2-3;7-5-4-2-1-3-8-6(4)10-9-5/h1-2H,(H,9,10,11);1-3H,(H,8,9,10). The number of rotatable bonds is 0. The van der Waals surface area contributed by atoms with Crippen LogP contribution < -0.4 is 0 Å². The van der Waals surface area contributed by atoms with Gasteiger partial charge in [0, 0.05) is 16.9 Å². The summed E-state index contributed by atoms with van der Waals surface area (Å²) >= 11 is 7.73. The van der Waals surface area contributed by atoms with Crippen LogP contribution in [0.4, 0.5) is 0 Å². The van der Waals surface area contributed by atoms with Gasteiger partial charge in [0.25, 0.3) is 0 Å². The van der Waals surface area contributed by atoms with Gasteiger partial charge in [-0.25, -0.2) is 9.97 Å². The molecule has 0 saturated heterocycles. The molecule has 4 heterocycles. The Morgan fingerprint density at radius 2 is 1.62 bits per heavy atom. The van der Waals surface area contributed by atoms with Gasteiger partial charge in [-0.15, -0.1) is 0 Å². The number of nitrogens with zero attached hydrogens (tertiary/aromatic N) is 4. The molecule has 9 heteroatoms. The van der Waals surface area contributed by atoms with Crippen LogP contribution in [0.25, 0.3) is 22.1 Å². The lowest BCUT2D eigenvalue weighted by Crippen LogP contribution is -1.75. The number of nitrogens with one attached hydrogen (secondary N) is 2. The van der Waals surface area contributed by atoms with E-state index >= 15 is 0 Å². The second-order valence-corrected chi connectivity index (χ2v) is 7.05. The van der Waals surface area contributed by atoms with E-state index in [1.54, 1.807) is 12.4 Å². The Bertz CT molecular complexity index is 903. The maximum Gasteiger partial charge on any atom is 0.182 e. The Hall–Kier alpha value is -0.820. The highest BCUT2D eigenvalue weighted by Crippen LogP contribution is 2.19. The van der Waals surface area contributed by atoms with Crippen LogP contribution in [0.5, 0.6) is 0 Å². The summed E-state index contributed by atoms with van der Waals surface area (Å²) in [5, 5.41) is 15.8. The smallest absolute Gasteiger partial charge is 0.182 e. The van der Waals surface area contributed by atoms with Gasteiger partial charge in [-0.1, -0.05) is 0 Å². The Kier molecular flexibility index (Phi) is 4.69. The summed E-state index contributed by atoms with van der Waals surface area (Å²) in [6, 6.07) is 5.89. The molecule has 4 aromatic rings. The minimum Gasteiger partial charge on any atom is -0.269 e. The topological polar surface area (TPSA) is 83.1 Å². The molecule has 0 atom stereocenters. The van der Waals surface area contributed by atoms with Gasteiger partial charge in [0.1, 0.15) is 7.40 Å². The highest BCUT2D eigenvalue weighted by molar-refractivity contribution is 14.1. The molecule has 0 radical (unpaired) electrons. The van der Waals surface area contributed by atoms with E-state index in [2.05, 4.69) is 91.5 Å². The molecule has 106 valence electrons. The number of hydrogen-bond acceptors (Lipinski definition) is 4. The summed E-state index contributed by atoms with van der Waals surface area (Å²) in [6.07, 6.45) is 3.47. The van der Waals surface area contributed by atoms with E-state index in [1.807, 2.05) is 18.2 Å². The molecule has 0 fully saturated rings. The van der Waals surface area contributed by atoms with Crippen molar-refractivity contribution in [3.63, 3.8) is 0 Å². The summed E-state index contributed by atoms with van der Waals surface area (Å²) in [7, 11) is 0. The van der Waals surface area contributed by atoms with Gasteiger partial charge in [0.05, 0.1) is 10.8 Å². The third kappa shape index (κ3) is 3.34. The van der Waals surface area contributed by atoms with Crippen molar-refractivity contribution < 1.29 is 0 Å². The van der Waals surface area contributed by atoms with Crippen molar-refractivity contribution in [2.24, 2.45) is 0 Å². The minimum atomic E-state index is 0.762. The van der Waals surface area contributed by atoms with Crippen LogP contribution >= 0.6 is 61.1 Å². The number of halogens is 3. The summed E-state index contributed by atoms with van der Waals surface area (Å²) in [5.41, 5.74) is 1.55. The lowest BCUT2D eigenvalue weighted by Gasteiger charge is -1.88. The predicted molar refractivity (Wildman–Crippen MR) is 101 cm³/mol. The number of pyridine rings is 2. The fourth-order valence-electron chi connectivity index (χ4n) is 1.66. The Balaban J connectivity index is 0.000000126. The van der Waals surface area contributed by atoms with Gasteiger partial charge in [-0.3, -0.25) is 10.2 Å². The van der Waals surface area contributed by atoms with Gasteiger partial charge in [-0.05, 0) is 79.3 Å². The fourth-order valence-corrected chi connectivity index (χ4v) is 3.06. The van der Waals surface area contributed by atoms with Crippen LogP contribution in [-0.2, 0) is 0 Å². The summed E-state index contributed by atoms with van der Waals surface area (Å²) in [5.74, 6) is 0. The first-order valence-corrected chi connectivity index (χ1v) is 8.70. The molecule has 0 amide bonds. The van der Waals surface area contributed by atoms with E-state index < -0.39 is 0 Å². The third-order valence-electron chi connectivity index (χ3n) is 2.61. The largest absolute Gasteiger partial charge is 0.269 e. The average Bonchev–Trinajstić information content (AvgIpc) is 3.05. The monoisotopic (exact) mass is 568 g/mol. The molecule has 0 bridgehead atoms. The van der Waals surface area contributed by atoms with Gasteiger partial charge in [0.2, 0.25) is 0 Å². The van der Waals surface area contributed by atoms with Gasteiger partial charge >= 0.3 is 0 Å². The van der Waals surface area contributed by atoms with Crippen molar-refractivity contribution in [2.75, 3.05) is 0 Å². The van der Waals surface area contributed by atoms with E-state index in [1.165, 1.54) is 0 Å². The average molecular weight is 569 g/mol. The van der Waals surface area contributed by atoms with Gasteiger partial charge in [0.15, 0.2) is 11.3 Å². The van der Waals surface area contributed by atoms with Crippen molar-refractivity contribution in [2.45, 2.75) is 0 Å². The number of hydrogen-bond donors (Lipinski definition) is 2. The Labute approximate surface area is 154 Å². The van der Waals surface area contributed by atoms with Crippen LogP contribution in [0.3, 0.4) is 0 Å². The lowest BCUT2D eigenvalue weighted by molar-refractivity contribution is 1.08. The maximum absolute atomic E-state index is 4.11. The molecule has 0 aliphatic rings. The normalized spacial score (nSPS) is 10.6. The van der Waals surface area contributed by atoms with Crippen molar-refractivity contribution in [3.05, 3.63) is 42.5 Å². The highest BCUT2D eigenvalue weighted by atomic mass is 127. The first kappa shape index (κ1) is 15.1. The summed E-state index contributed by atoms with van der Waals surface area (Å²) in [6.45, 7) is 0. The number of fused-ring (bicyclic) bond motifs is 2. The molecule has 6 nitrogen and oxygen atoms in total. The van der Waals surface area contributed by atoms with Gasteiger partial charge < -0.3 is 0 Å². The fraction of sp³-hybridized carbons (Fsp3) is 0. The minimum absolute atomic E-state index is 0.762. The van der Waals surface area contributed by atoms with Crippen LogP contribution in [0.15, 0.2) is 35.1 Å². The summed E-state index contributed by atoms with van der Waals surface area (Å²) in [4.78, 5) is 8.16. The van der Waals surface area contributed by atoms with Crippen LogP contribution in [0.2, 0.25) is 0 Å². The molecular weight excluding hydrogens is 562 g/mol. The Morgan fingerprint density at radius 1 is 0.952 bits per heavy atom. The Morgan fingerprint density at radius 3 is 2.33 bits per heavy atom. The molecule has 21 heavy (non-hydrogen) atoms. The zero-order chi connectivity index (χ0) is 14.8. The zero-order valence-electron chi connectivity index (χ0n) is 10.3. The molecule has 4 rings (SSSR count). The number of H-pyrrole nitrogens is 2. The predicted octanol–water partition coefficient (Wildman–Crippen LogP) is 3.89. The maximum atomic E-state index is 4.11. The molecule has 0 unspecified atom stereocenters. The van der Waals surface area contributed by atoms with E-state index in [4.69, 9.17) is 0 Å². The van der Waals surface area contributed by atoms with Crippen LogP contribution in [-0.4, -0.2) is 30.4 Å². The molecule has 0 aliphatic heterocycles. The van der Waals surface area contributed by atoms with E-state index in [-0.39, 0.29) is 0 Å². The molecule has 0 saturated carbocycles. The number of aromatic amines is 2. The molecule has 4 aromatic heterocycles. The first-order chi connectivity index (χ1) is 10.1. The van der Waals surface area contributed by atoms with Gasteiger partial charge in [-0.2, -0.15) is 10.2 Å². The third-order valence-corrected chi connectivity index (χ3v) is 4.69. The number of aromatic nitrogens is 6. The van der Waals surface area contributed by atoms with Crippen molar-refractivity contribution in [3.8, 4) is 0 Å². The van der Waals surface area contributed by atoms with E-state index in [0.717, 1.165) is 33.9 Å². The zero-order valence-corrected chi connectivity index (χ0v) is 16.2. The van der Waals surface area contributed by atoms with Crippen molar-refractivity contribution in [1.29, 1.82) is 0 Å². The molecule has 0 aliphatic carbocycles. The quantitative estimate of drug-likeness (QED) is 0.315. The highest BCUT2D eigenvalue weighted by Gasteiger charge is 2.02. The van der Waals surface area contributed by atoms with Crippen LogP contribution in [0.1, 0.15) is 0 Å². The molecular formula is C12H7BrI2N6. The van der Waals surface area contributed by atoms with Crippen molar-refractivity contribution in [1.82, 2.24) is 30.4 Å². The second kappa shape index (κ2) is 6.52. The first-order valence-electron chi connectivity index (χ1n) is 5.75. The van der Waals surface area contributed by atoms with E-state index in [0.29, 0.717) is 0 Å². The van der Waals surface area contributed by atoms with Crippen molar-refractivity contribution >= 4 is 83.2 Å². The molecule has 0 spiro atoms. The second-order valence-electron chi connectivity index (χ2n) is 3.97. The lowest BCUT2D eigenvalue weighted by atomic mass is 10.4. The van der Waals surface area contributed by atoms with E-state index in [9.17, 15) is 0 Å². The molecule has 2 N–H and O–H groups in total. The van der Waals surface area contributed by atoms with Crippen LogP contribution in [0, 0.1) is 7.40 Å². The molecule has 0 aromatic carbocycles.